The highest BCUT2D eigenvalue weighted by atomic mass is 79.9. The molecule has 46 valence electrons. The number of hydrogen-bond donors (Lipinski definition) is 0. The van der Waals surface area contributed by atoms with E-state index in [2.05, 4.69) is 22.9 Å². The molecule has 0 amide bonds. The largest absolute Gasteiger partial charge is 1.00 e. The molecule has 0 aliphatic rings. The summed E-state index contributed by atoms with van der Waals surface area (Å²) in [5.74, 6) is 0. The van der Waals surface area contributed by atoms with Crippen LogP contribution >= 0.6 is 25.2 Å². The van der Waals surface area contributed by atoms with Gasteiger partial charge in [-0.2, -0.15) is 0 Å². The first-order chi connectivity index (χ1) is 2.81. The van der Waals surface area contributed by atoms with Gasteiger partial charge in [-0.15, -0.1) is 0 Å². The van der Waals surface area contributed by atoms with Crippen molar-refractivity contribution < 1.29 is 17.0 Å². The predicted molar refractivity (Wildman–Crippen MR) is 39.0 cm³/mol. The molecule has 2 atom stereocenters. The number of alkyl halides is 1. The lowest BCUT2D eigenvalue weighted by Crippen LogP contribution is -3.00. The van der Waals surface area contributed by atoms with Gasteiger partial charge in [0.2, 0.25) is 0 Å². The molecule has 3 heteroatoms. The molecule has 0 bridgehead atoms. The highest BCUT2D eigenvalue weighted by Gasteiger charge is 1.95. The first-order valence-electron chi connectivity index (χ1n) is 2.24. The molecular formula is C4H11Br2P. The minimum absolute atomic E-state index is 0. The Bertz CT molecular complexity index is 28.9. The molecule has 7 heavy (non-hydrogen) atoms. The highest BCUT2D eigenvalue weighted by Crippen LogP contribution is 2.06. The van der Waals surface area contributed by atoms with Crippen molar-refractivity contribution in [3.05, 3.63) is 0 Å². The Hall–Kier alpha value is 1.39. The Morgan fingerprint density at radius 3 is 2.14 bits per heavy atom. The van der Waals surface area contributed by atoms with Crippen LogP contribution in [0.5, 0.6) is 0 Å². The summed E-state index contributed by atoms with van der Waals surface area (Å²) in [6.45, 7) is 2.19. The Morgan fingerprint density at radius 2 is 2.14 bits per heavy atom. The lowest BCUT2D eigenvalue weighted by atomic mass is 10.4. The molecule has 0 aliphatic heterocycles. The van der Waals surface area contributed by atoms with Crippen LogP contribution in [0.4, 0.5) is 0 Å². The lowest BCUT2D eigenvalue weighted by Gasteiger charge is -1.92. The van der Waals surface area contributed by atoms with Gasteiger partial charge < -0.3 is 17.0 Å². The van der Waals surface area contributed by atoms with E-state index in [1.54, 1.807) is 0 Å². The summed E-state index contributed by atoms with van der Waals surface area (Å²) < 4.78 is 0. The van der Waals surface area contributed by atoms with E-state index >= 15 is 0 Å². The maximum absolute atomic E-state index is 3.48. The van der Waals surface area contributed by atoms with Crippen molar-refractivity contribution in [2.24, 2.45) is 0 Å². The van der Waals surface area contributed by atoms with E-state index in [1.165, 1.54) is 12.6 Å². The van der Waals surface area contributed by atoms with Crippen molar-refractivity contribution in [2.45, 2.75) is 18.2 Å². The smallest absolute Gasteiger partial charge is 0.0651 e. The van der Waals surface area contributed by atoms with Gasteiger partial charge in [0.25, 0.3) is 0 Å². The van der Waals surface area contributed by atoms with E-state index in [9.17, 15) is 0 Å². The second-order valence-corrected chi connectivity index (χ2v) is 3.17. The Balaban J connectivity index is 0. The van der Waals surface area contributed by atoms with Gasteiger partial charge in [0, 0.05) is 4.83 Å². The number of rotatable bonds is 2. The molecule has 0 saturated heterocycles. The molecule has 0 heterocycles. The van der Waals surface area contributed by atoms with Crippen LogP contribution in [-0.4, -0.2) is 11.0 Å². The first-order valence-corrected chi connectivity index (χ1v) is 4.16. The third-order valence-electron chi connectivity index (χ3n) is 0.756. The van der Waals surface area contributed by atoms with E-state index in [4.69, 9.17) is 0 Å². The van der Waals surface area contributed by atoms with Gasteiger partial charge in [0.05, 0.1) is 6.16 Å². The van der Waals surface area contributed by atoms with E-state index in [-0.39, 0.29) is 17.0 Å². The average Bonchev–Trinajstić information content (AvgIpc) is 1.65. The van der Waals surface area contributed by atoms with Gasteiger partial charge >= 0.3 is 0 Å². The van der Waals surface area contributed by atoms with Crippen molar-refractivity contribution in [3.63, 3.8) is 0 Å². The standard InChI is InChI=1S/C4H10BrP.BrH/c1-2-4(5)3-6;/h4H,2-3,6H2,1H3;1H. The molecule has 0 saturated carbocycles. The van der Waals surface area contributed by atoms with Gasteiger partial charge in [-0.3, -0.25) is 0 Å². The number of hydrogen-bond acceptors (Lipinski definition) is 0. The molecule has 0 nitrogen and oxygen atoms in total. The van der Waals surface area contributed by atoms with Crippen LogP contribution in [0, 0.1) is 0 Å². The van der Waals surface area contributed by atoms with Gasteiger partial charge in [0.1, 0.15) is 0 Å². The minimum atomic E-state index is 0. The minimum Gasteiger partial charge on any atom is -1.00 e. The Labute approximate surface area is 66.5 Å². The maximum atomic E-state index is 3.48. The summed E-state index contributed by atoms with van der Waals surface area (Å²) in [5, 5.41) is 0. The zero-order valence-electron chi connectivity index (χ0n) is 4.45. The molecule has 0 aromatic heterocycles. The molecule has 0 aromatic rings. The normalized spacial score (nSPS) is 12.9. The van der Waals surface area contributed by atoms with Crippen LogP contribution in [0.1, 0.15) is 13.3 Å². The van der Waals surface area contributed by atoms with Crippen LogP contribution in [0.25, 0.3) is 0 Å². The Morgan fingerprint density at radius 1 is 1.71 bits per heavy atom. The zero-order chi connectivity index (χ0) is 4.99. The van der Waals surface area contributed by atoms with Crippen LogP contribution < -0.4 is 17.0 Å². The van der Waals surface area contributed by atoms with Gasteiger partial charge in [-0.1, -0.05) is 22.9 Å². The molecule has 0 aliphatic carbocycles. The van der Waals surface area contributed by atoms with E-state index in [0.29, 0.717) is 0 Å². The first kappa shape index (κ1) is 11.2. The fourth-order valence-electron chi connectivity index (χ4n) is 0.204. The topological polar surface area (TPSA) is 0 Å². The molecule has 0 radical (unpaired) electrons. The molecule has 0 fully saturated rings. The SMILES string of the molecule is CCC(Br)C[PH3+].[Br-]. The second kappa shape index (κ2) is 7.39. The predicted octanol–water partition coefficient (Wildman–Crippen LogP) is -1.23. The summed E-state index contributed by atoms with van der Waals surface area (Å²) in [6, 6.07) is 0. The van der Waals surface area contributed by atoms with Gasteiger partial charge in [-0.05, 0) is 15.7 Å². The third-order valence-corrected chi connectivity index (χ3v) is 3.40. The van der Waals surface area contributed by atoms with E-state index < -0.39 is 0 Å². The van der Waals surface area contributed by atoms with Crippen molar-refractivity contribution in [2.75, 3.05) is 6.16 Å². The van der Waals surface area contributed by atoms with E-state index in [1.807, 2.05) is 9.24 Å². The fraction of sp³-hybridized carbons (Fsp3) is 1.00. The van der Waals surface area contributed by atoms with Crippen LogP contribution in [0.3, 0.4) is 0 Å². The van der Waals surface area contributed by atoms with Crippen molar-refractivity contribution in [1.82, 2.24) is 0 Å². The molecule has 0 N–H and O–H groups in total. The molecule has 0 aromatic carbocycles. The summed E-state index contributed by atoms with van der Waals surface area (Å²) in [6.07, 6.45) is 2.53. The quantitative estimate of drug-likeness (QED) is 0.425. The monoisotopic (exact) mass is 248 g/mol. The second-order valence-electron chi connectivity index (χ2n) is 1.29. The van der Waals surface area contributed by atoms with Crippen LogP contribution in [0.15, 0.2) is 0 Å². The Kier molecular flexibility index (Phi) is 11.8. The van der Waals surface area contributed by atoms with Crippen LogP contribution in [-0.2, 0) is 0 Å². The summed E-state index contributed by atoms with van der Waals surface area (Å²) in [4.78, 5) is 0.760. The van der Waals surface area contributed by atoms with Gasteiger partial charge in [0.15, 0.2) is 0 Å². The molecule has 0 spiro atoms. The van der Waals surface area contributed by atoms with Crippen LogP contribution in [0.2, 0.25) is 0 Å². The molecule has 0 rings (SSSR count). The zero-order valence-corrected chi connectivity index (χ0v) is 9.04. The average molecular weight is 250 g/mol. The molecule has 2 unspecified atom stereocenters. The van der Waals surface area contributed by atoms with E-state index in [0.717, 1.165) is 4.83 Å². The highest BCUT2D eigenvalue weighted by molar-refractivity contribution is 9.09. The number of halogens is 2. The van der Waals surface area contributed by atoms with Crippen molar-refractivity contribution in [1.29, 1.82) is 0 Å². The van der Waals surface area contributed by atoms with Crippen molar-refractivity contribution in [3.8, 4) is 0 Å². The van der Waals surface area contributed by atoms with Crippen molar-refractivity contribution >= 4 is 25.2 Å². The summed E-state index contributed by atoms with van der Waals surface area (Å²) in [5.41, 5.74) is 0. The maximum Gasteiger partial charge on any atom is 0.0651 e. The summed E-state index contributed by atoms with van der Waals surface area (Å²) in [7, 11) is 2.01. The molecular weight excluding hydrogens is 239 g/mol. The fourth-order valence-corrected chi connectivity index (χ4v) is 0.612. The third kappa shape index (κ3) is 7.39. The van der Waals surface area contributed by atoms with Gasteiger partial charge in [-0.25, -0.2) is 0 Å². The summed E-state index contributed by atoms with van der Waals surface area (Å²) >= 11 is 3.48. The lowest BCUT2D eigenvalue weighted by molar-refractivity contribution is -0.00000115.